The average molecular weight is 182 g/mol. The van der Waals surface area contributed by atoms with E-state index in [1.165, 1.54) is 0 Å². The van der Waals surface area contributed by atoms with Gasteiger partial charge in [0.15, 0.2) is 0 Å². The third kappa shape index (κ3) is 2.85. The van der Waals surface area contributed by atoms with Gasteiger partial charge in [-0.1, -0.05) is 13.3 Å². The number of carbonyl (C=O) groups excluding carboxylic acids is 1. The van der Waals surface area contributed by atoms with Gasteiger partial charge < -0.3 is 5.32 Å². The molecule has 5 heteroatoms. The van der Waals surface area contributed by atoms with E-state index in [2.05, 4.69) is 27.4 Å². The van der Waals surface area contributed by atoms with Crippen molar-refractivity contribution < 1.29 is 4.79 Å². The first-order valence-electron chi connectivity index (χ1n) is 4.41. The molecule has 0 spiro atoms. The molecule has 1 amide bonds. The summed E-state index contributed by atoms with van der Waals surface area (Å²) in [4.78, 5) is 15.2. The summed E-state index contributed by atoms with van der Waals surface area (Å²) in [5.41, 5.74) is 0. The Kier molecular flexibility index (Phi) is 3.42. The van der Waals surface area contributed by atoms with Crippen LogP contribution in [-0.2, 0) is 0 Å². The summed E-state index contributed by atoms with van der Waals surface area (Å²) in [6.45, 7) is 4.52. The largest absolute Gasteiger partial charge is 0.349 e. The van der Waals surface area contributed by atoms with E-state index in [0.29, 0.717) is 12.4 Å². The van der Waals surface area contributed by atoms with E-state index in [-0.39, 0.29) is 11.7 Å². The summed E-state index contributed by atoms with van der Waals surface area (Å²) < 4.78 is 0. The first-order valence-corrected chi connectivity index (χ1v) is 4.41. The maximum absolute atomic E-state index is 11.3. The van der Waals surface area contributed by atoms with Crippen LogP contribution in [0.5, 0.6) is 0 Å². The molecule has 1 aromatic rings. The maximum Gasteiger partial charge on any atom is 0.290 e. The number of unbranched alkanes of at least 4 members (excludes halogenated alkanes) is 1. The summed E-state index contributed by atoms with van der Waals surface area (Å²) in [6.07, 6.45) is 2.04. The van der Waals surface area contributed by atoms with Crippen molar-refractivity contribution in [3.63, 3.8) is 0 Å². The van der Waals surface area contributed by atoms with Crippen molar-refractivity contribution in [2.75, 3.05) is 6.54 Å². The fourth-order valence-corrected chi connectivity index (χ4v) is 0.902. The highest BCUT2D eigenvalue weighted by Gasteiger charge is 2.09. The molecule has 0 fully saturated rings. The molecule has 1 rings (SSSR count). The highest BCUT2D eigenvalue weighted by Crippen LogP contribution is 1.90. The van der Waals surface area contributed by atoms with Crippen LogP contribution in [0.2, 0.25) is 0 Å². The molecule has 72 valence electrons. The monoisotopic (exact) mass is 182 g/mol. The van der Waals surface area contributed by atoms with Crippen molar-refractivity contribution in [3.05, 3.63) is 11.6 Å². The van der Waals surface area contributed by atoms with Gasteiger partial charge in [0.2, 0.25) is 5.82 Å². The molecule has 0 aliphatic rings. The third-order valence-electron chi connectivity index (χ3n) is 1.62. The molecule has 0 aliphatic carbocycles. The number of hydrogen-bond acceptors (Lipinski definition) is 3. The van der Waals surface area contributed by atoms with E-state index in [0.717, 1.165) is 12.8 Å². The molecule has 0 saturated carbocycles. The van der Waals surface area contributed by atoms with E-state index in [9.17, 15) is 4.79 Å². The lowest BCUT2D eigenvalue weighted by molar-refractivity contribution is 0.0943. The number of carbonyl (C=O) groups is 1. The van der Waals surface area contributed by atoms with Gasteiger partial charge in [0.05, 0.1) is 0 Å². The smallest absolute Gasteiger partial charge is 0.290 e. The van der Waals surface area contributed by atoms with Crippen LogP contribution in [-0.4, -0.2) is 27.6 Å². The lowest BCUT2D eigenvalue weighted by Gasteiger charge is -1.98. The Morgan fingerprint density at radius 1 is 1.62 bits per heavy atom. The van der Waals surface area contributed by atoms with Gasteiger partial charge in [-0.2, -0.15) is 0 Å². The van der Waals surface area contributed by atoms with Crippen molar-refractivity contribution in [1.82, 2.24) is 20.5 Å². The van der Waals surface area contributed by atoms with E-state index < -0.39 is 0 Å². The zero-order valence-electron chi connectivity index (χ0n) is 7.92. The standard InChI is InChI=1S/C8H14N4O/c1-3-4-5-9-8(13)7-10-6(2)11-12-7/h3-5H2,1-2H3,(H,9,13)(H,10,11,12). The molecule has 13 heavy (non-hydrogen) atoms. The van der Waals surface area contributed by atoms with Crippen LogP contribution in [0, 0.1) is 6.92 Å². The minimum Gasteiger partial charge on any atom is -0.349 e. The summed E-state index contributed by atoms with van der Waals surface area (Å²) in [6, 6.07) is 0. The second kappa shape index (κ2) is 4.59. The first-order chi connectivity index (χ1) is 6.24. The van der Waals surface area contributed by atoms with Gasteiger partial charge in [0.1, 0.15) is 5.82 Å². The summed E-state index contributed by atoms with van der Waals surface area (Å²) >= 11 is 0. The molecule has 0 bridgehead atoms. The Morgan fingerprint density at radius 2 is 2.38 bits per heavy atom. The van der Waals surface area contributed by atoms with Crippen molar-refractivity contribution >= 4 is 5.91 Å². The number of nitrogens with zero attached hydrogens (tertiary/aromatic N) is 2. The molecule has 0 atom stereocenters. The molecule has 1 aromatic heterocycles. The fraction of sp³-hybridized carbons (Fsp3) is 0.625. The number of rotatable bonds is 4. The first kappa shape index (κ1) is 9.70. The number of aromatic amines is 1. The summed E-state index contributed by atoms with van der Waals surface area (Å²) in [5.74, 6) is 0.659. The molecule has 5 nitrogen and oxygen atoms in total. The minimum atomic E-state index is -0.210. The van der Waals surface area contributed by atoms with Gasteiger partial charge >= 0.3 is 0 Å². The van der Waals surface area contributed by atoms with Gasteiger partial charge in [0, 0.05) is 6.54 Å². The van der Waals surface area contributed by atoms with E-state index in [1.807, 2.05) is 0 Å². The Labute approximate surface area is 76.9 Å². The maximum atomic E-state index is 11.3. The van der Waals surface area contributed by atoms with Crippen LogP contribution < -0.4 is 5.32 Å². The van der Waals surface area contributed by atoms with Gasteiger partial charge in [0.25, 0.3) is 5.91 Å². The zero-order chi connectivity index (χ0) is 9.68. The third-order valence-corrected chi connectivity index (χ3v) is 1.62. The second-order valence-electron chi connectivity index (χ2n) is 2.85. The van der Waals surface area contributed by atoms with Gasteiger partial charge in [-0.3, -0.25) is 9.89 Å². The minimum absolute atomic E-state index is 0.210. The Bertz CT molecular complexity index is 281. The lowest BCUT2D eigenvalue weighted by atomic mass is 10.3. The van der Waals surface area contributed by atoms with Crippen LogP contribution in [0.25, 0.3) is 0 Å². The highest BCUT2D eigenvalue weighted by atomic mass is 16.2. The van der Waals surface area contributed by atoms with Crippen LogP contribution in [0.15, 0.2) is 0 Å². The predicted molar refractivity (Wildman–Crippen MR) is 48.4 cm³/mol. The summed E-state index contributed by atoms with van der Waals surface area (Å²) in [5, 5.41) is 9.09. The number of nitrogens with one attached hydrogen (secondary N) is 2. The lowest BCUT2D eigenvalue weighted by Crippen LogP contribution is -2.25. The molecular weight excluding hydrogens is 168 g/mol. The molecule has 0 aromatic carbocycles. The molecule has 0 saturated heterocycles. The zero-order valence-corrected chi connectivity index (χ0v) is 7.92. The summed E-state index contributed by atoms with van der Waals surface area (Å²) in [7, 11) is 0. The van der Waals surface area contributed by atoms with Gasteiger partial charge in [-0.25, -0.2) is 4.98 Å². The van der Waals surface area contributed by atoms with Crippen LogP contribution in [0.1, 0.15) is 36.2 Å². The molecule has 1 heterocycles. The molecule has 2 N–H and O–H groups in total. The number of H-pyrrole nitrogens is 1. The van der Waals surface area contributed by atoms with Crippen LogP contribution >= 0.6 is 0 Å². The van der Waals surface area contributed by atoms with E-state index >= 15 is 0 Å². The normalized spacial score (nSPS) is 10.0. The SMILES string of the molecule is CCCCNC(=O)c1n[nH]c(C)n1. The van der Waals surface area contributed by atoms with Crippen molar-refractivity contribution in [2.45, 2.75) is 26.7 Å². The average Bonchev–Trinajstić information content (AvgIpc) is 2.52. The number of aryl methyl sites for hydroxylation is 1. The second-order valence-corrected chi connectivity index (χ2v) is 2.85. The molecule has 0 unspecified atom stereocenters. The Hall–Kier alpha value is -1.39. The quantitative estimate of drug-likeness (QED) is 0.671. The number of hydrogen-bond donors (Lipinski definition) is 2. The molecule has 0 aliphatic heterocycles. The Morgan fingerprint density at radius 3 is 2.92 bits per heavy atom. The molecule has 0 radical (unpaired) electrons. The van der Waals surface area contributed by atoms with Gasteiger partial charge in [-0.05, 0) is 13.3 Å². The number of amides is 1. The highest BCUT2D eigenvalue weighted by molar-refractivity contribution is 5.90. The fourth-order valence-electron chi connectivity index (χ4n) is 0.902. The van der Waals surface area contributed by atoms with Gasteiger partial charge in [-0.15, -0.1) is 5.10 Å². The van der Waals surface area contributed by atoms with Crippen molar-refractivity contribution in [2.24, 2.45) is 0 Å². The van der Waals surface area contributed by atoms with Crippen LogP contribution in [0.3, 0.4) is 0 Å². The van der Waals surface area contributed by atoms with Crippen molar-refractivity contribution in [3.8, 4) is 0 Å². The topological polar surface area (TPSA) is 70.7 Å². The van der Waals surface area contributed by atoms with Crippen molar-refractivity contribution in [1.29, 1.82) is 0 Å². The van der Waals surface area contributed by atoms with E-state index in [4.69, 9.17) is 0 Å². The van der Waals surface area contributed by atoms with Crippen LogP contribution in [0.4, 0.5) is 0 Å². The molecular formula is C8H14N4O. The number of aromatic nitrogens is 3. The Balaban J connectivity index is 2.40. The predicted octanol–water partition coefficient (Wildman–Crippen LogP) is 0.643. The van der Waals surface area contributed by atoms with E-state index in [1.54, 1.807) is 6.92 Å².